The lowest BCUT2D eigenvalue weighted by Crippen LogP contribution is -2.39. The number of nitrogens with zero attached hydrogens (tertiary/aromatic N) is 2. The Morgan fingerprint density at radius 1 is 1.08 bits per heavy atom. The lowest BCUT2D eigenvalue weighted by Gasteiger charge is -2.18. The molecule has 2 aromatic carbocycles. The number of aliphatic imine (C=N–C) groups is 1. The summed E-state index contributed by atoms with van der Waals surface area (Å²) in [6, 6.07) is 11.7. The molecule has 1 aliphatic rings. The van der Waals surface area contributed by atoms with Crippen molar-refractivity contribution in [2.45, 2.75) is 12.3 Å². The Morgan fingerprint density at radius 3 is 2.33 bits per heavy atom. The van der Waals surface area contributed by atoms with Crippen LogP contribution < -0.4 is 10.6 Å². The van der Waals surface area contributed by atoms with Crippen molar-refractivity contribution in [1.82, 2.24) is 0 Å². The number of hydrogen-bond acceptors (Lipinski definition) is 3. The van der Waals surface area contributed by atoms with E-state index in [4.69, 9.17) is 5.73 Å². The van der Waals surface area contributed by atoms with Crippen molar-refractivity contribution in [3.8, 4) is 0 Å². The Morgan fingerprint density at radius 2 is 1.71 bits per heavy atom. The molecule has 4 nitrogen and oxygen atoms in total. The molecule has 0 radical (unpaired) electrons. The first-order valence-electron chi connectivity index (χ1n) is 7.17. The first-order valence-corrected chi connectivity index (χ1v) is 7.17. The van der Waals surface area contributed by atoms with Crippen molar-refractivity contribution in [2.75, 3.05) is 11.9 Å². The minimum atomic E-state index is -4.41. The van der Waals surface area contributed by atoms with Gasteiger partial charge < -0.3 is 10.6 Å². The topological polar surface area (TPSA) is 58.7 Å². The number of nitrogens with two attached hydrogens (primary N) is 1. The highest BCUT2D eigenvalue weighted by Crippen LogP contribution is 2.31. The van der Waals surface area contributed by atoms with E-state index in [1.54, 1.807) is 31.3 Å². The average molecular weight is 333 g/mol. The Hall–Kier alpha value is -2.67. The third kappa shape index (κ3) is 2.78. The maximum atomic E-state index is 12.7. The number of rotatable bonds is 1. The molecule has 0 fully saturated rings. The largest absolute Gasteiger partial charge is 0.416 e. The summed E-state index contributed by atoms with van der Waals surface area (Å²) in [4.78, 5) is 17.9. The van der Waals surface area contributed by atoms with Gasteiger partial charge in [-0.05, 0) is 18.2 Å². The first-order chi connectivity index (χ1) is 11.3. The lowest BCUT2D eigenvalue weighted by molar-refractivity contribution is -0.137. The molecule has 7 heteroatoms. The monoisotopic (exact) mass is 333 g/mol. The zero-order valence-corrected chi connectivity index (χ0v) is 12.7. The lowest BCUT2D eigenvalue weighted by atomic mass is 9.99. The van der Waals surface area contributed by atoms with Gasteiger partial charge in [0.15, 0.2) is 6.17 Å². The van der Waals surface area contributed by atoms with Crippen molar-refractivity contribution in [3.63, 3.8) is 0 Å². The normalized spacial score (nSPS) is 18.0. The van der Waals surface area contributed by atoms with E-state index in [2.05, 4.69) is 4.99 Å². The van der Waals surface area contributed by atoms with Gasteiger partial charge in [-0.25, -0.2) is 0 Å². The number of para-hydroxylation sites is 1. The van der Waals surface area contributed by atoms with Gasteiger partial charge in [0.25, 0.3) is 5.91 Å². The van der Waals surface area contributed by atoms with E-state index in [1.807, 2.05) is 0 Å². The van der Waals surface area contributed by atoms with Gasteiger partial charge in [0, 0.05) is 18.2 Å². The zero-order valence-electron chi connectivity index (χ0n) is 12.7. The number of benzene rings is 2. The summed E-state index contributed by atoms with van der Waals surface area (Å²) in [6.07, 6.45) is -5.52. The number of likely N-dealkylation sites (N-methyl/N-ethyl adjacent to an activating group) is 1. The van der Waals surface area contributed by atoms with Crippen LogP contribution in [0.25, 0.3) is 0 Å². The van der Waals surface area contributed by atoms with Crippen LogP contribution in [-0.2, 0) is 11.0 Å². The maximum Gasteiger partial charge on any atom is 0.416 e. The molecule has 0 saturated heterocycles. The molecule has 2 N–H and O–H groups in total. The SMILES string of the molecule is CN1C(=O)[C@@H](N)N=C(c2ccc(C(F)(F)F)cc2)c2ccccc21. The fraction of sp³-hybridized carbons (Fsp3) is 0.176. The number of benzodiazepines with no additional fused rings is 1. The van der Waals surface area contributed by atoms with Crippen LogP contribution in [0.1, 0.15) is 16.7 Å². The minimum Gasteiger partial charge on any atom is -0.312 e. The molecular formula is C17H14F3N3O. The van der Waals surface area contributed by atoms with Gasteiger partial charge in [0.1, 0.15) is 0 Å². The van der Waals surface area contributed by atoms with Crippen molar-refractivity contribution in [2.24, 2.45) is 10.7 Å². The summed E-state index contributed by atoms with van der Waals surface area (Å²) in [5.74, 6) is -0.385. The van der Waals surface area contributed by atoms with Crippen LogP contribution in [0.15, 0.2) is 53.5 Å². The van der Waals surface area contributed by atoms with E-state index >= 15 is 0 Å². The number of anilines is 1. The fourth-order valence-electron chi connectivity index (χ4n) is 2.59. The Bertz CT molecular complexity index is 813. The van der Waals surface area contributed by atoms with Crippen molar-refractivity contribution in [3.05, 3.63) is 65.2 Å². The van der Waals surface area contributed by atoms with Gasteiger partial charge in [-0.15, -0.1) is 0 Å². The molecule has 24 heavy (non-hydrogen) atoms. The standard InChI is InChI=1S/C17H14F3N3O/c1-23-13-5-3-2-4-12(13)14(22-15(21)16(23)24)10-6-8-11(9-7-10)17(18,19)20/h2-9,15H,21H2,1H3/t15-/m0/s1. The van der Waals surface area contributed by atoms with Crippen LogP contribution >= 0.6 is 0 Å². The van der Waals surface area contributed by atoms with Crippen LogP contribution in [0.2, 0.25) is 0 Å². The van der Waals surface area contributed by atoms with E-state index in [0.29, 0.717) is 22.5 Å². The molecule has 124 valence electrons. The second-order valence-electron chi connectivity index (χ2n) is 5.41. The van der Waals surface area contributed by atoms with E-state index in [0.717, 1.165) is 12.1 Å². The van der Waals surface area contributed by atoms with Gasteiger partial charge >= 0.3 is 6.18 Å². The number of carbonyl (C=O) groups excluding carboxylic acids is 1. The quantitative estimate of drug-likeness (QED) is 0.872. The summed E-state index contributed by atoms with van der Waals surface area (Å²) >= 11 is 0. The van der Waals surface area contributed by atoms with Crippen molar-refractivity contribution >= 4 is 17.3 Å². The third-order valence-corrected chi connectivity index (χ3v) is 3.86. The molecule has 0 saturated carbocycles. The van der Waals surface area contributed by atoms with Gasteiger partial charge in [-0.2, -0.15) is 13.2 Å². The Kier molecular flexibility index (Phi) is 3.88. The van der Waals surface area contributed by atoms with E-state index in [-0.39, 0.29) is 5.91 Å². The van der Waals surface area contributed by atoms with Crippen LogP contribution in [0.5, 0.6) is 0 Å². The summed E-state index contributed by atoms with van der Waals surface area (Å²) in [5.41, 5.74) is 7.18. The van der Waals surface area contributed by atoms with Gasteiger partial charge in [0.2, 0.25) is 0 Å². The van der Waals surface area contributed by atoms with Crippen molar-refractivity contribution in [1.29, 1.82) is 0 Å². The molecule has 1 amide bonds. The summed E-state index contributed by atoms with van der Waals surface area (Å²) in [5, 5.41) is 0. The summed E-state index contributed by atoms with van der Waals surface area (Å²) in [7, 11) is 1.59. The molecule has 0 aromatic heterocycles. The summed E-state index contributed by atoms with van der Waals surface area (Å²) in [6.45, 7) is 0. The number of carbonyl (C=O) groups is 1. The maximum absolute atomic E-state index is 12.7. The molecular weight excluding hydrogens is 319 g/mol. The predicted molar refractivity (Wildman–Crippen MR) is 84.9 cm³/mol. The number of fused-ring (bicyclic) bond motifs is 1. The van der Waals surface area contributed by atoms with Crippen LogP contribution in [0.4, 0.5) is 18.9 Å². The number of halogens is 3. The molecule has 1 aliphatic heterocycles. The summed E-state index contributed by atoms with van der Waals surface area (Å²) < 4.78 is 38.2. The minimum absolute atomic E-state index is 0.385. The second kappa shape index (κ2) is 5.76. The highest BCUT2D eigenvalue weighted by Gasteiger charge is 2.31. The second-order valence-corrected chi connectivity index (χ2v) is 5.41. The molecule has 0 bridgehead atoms. The number of amides is 1. The van der Waals surface area contributed by atoms with E-state index in [1.165, 1.54) is 17.0 Å². The Labute approximate surface area is 136 Å². The van der Waals surface area contributed by atoms with Crippen LogP contribution in [0, 0.1) is 0 Å². The number of alkyl halides is 3. The Balaban J connectivity index is 2.13. The average Bonchev–Trinajstić information content (AvgIpc) is 2.65. The molecule has 1 atom stereocenters. The van der Waals surface area contributed by atoms with E-state index in [9.17, 15) is 18.0 Å². The van der Waals surface area contributed by atoms with Crippen molar-refractivity contribution < 1.29 is 18.0 Å². The predicted octanol–water partition coefficient (Wildman–Crippen LogP) is 2.80. The number of hydrogen-bond donors (Lipinski definition) is 1. The van der Waals surface area contributed by atoms with Gasteiger partial charge in [-0.1, -0.05) is 30.3 Å². The molecule has 1 heterocycles. The van der Waals surface area contributed by atoms with Gasteiger partial charge in [-0.3, -0.25) is 9.79 Å². The molecule has 0 unspecified atom stereocenters. The fourth-order valence-corrected chi connectivity index (χ4v) is 2.59. The molecule has 3 rings (SSSR count). The highest BCUT2D eigenvalue weighted by molar-refractivity contribution is 6.19. The van der Waals surface area contributed by atoms with E-state index < -0.39 is 17.9 Å². The van der Waals surface area contributed by atoms with Crippen LogP contribution in [-0.4, -0.2) is 24.8 Å². The van der Waals surface area contributed by atoms with Gasteiger partial charge in [0.05, 0.1) is 17.0 Å². The molecule has 2 aromatic rings. The smallest absolute Gasteiger partial charge is 0.312 e. The highest BCUT2D eigenvalue weighted by atomic mass is 19.4. The third-order valence-electron chi connectivity index (χ3n) is 3.86. The molecule has 0 spiro atoms. The molecule has 0 aliphatic carbocycles. The zero-order chi connectivity index (χ0) is 17.5. The first kappa shape index (κ1) is 16.2. The van der Waals surface area contributed by atoms with Crippen LogP contribution in [0.3, 0.4) is 0 Å².